The molecule has 0 spiro atoms. The average Bonchev–Trinajstić information content (AvgIpc) is 2.36. The fourth-order valence-electron chi connectivity index (χ4n) is 1.31. The smallest absolute Gasteiger partial charge is 0.377 e. The van der Waals surface area contributed by atoms with Crippen LogP contribution in [-0.4, -0.2) is 24.6 Å². The first-order valence-corrected chi connectivity index (χ1v) is 5.61. The Labute approximate surface area is 111 Å². The number of rotatable bonds is 5. The van der Waals surface area contributed by atoms with Gasteiger partial charge in [-0.3, -0.25) is 4.79 Å². The van der Waals surface area contributed by atoms with E-state index in [0.717, 1.165) is 0 Å². The normalized spacial score (nSPS) is 12.3. The summed E-state index contributed by atoms with van der Waals surface area (Å²) in [6, 6.07) is 5.62. The number of alkyl halides is 5. The first-order chi connectivity index (χ1) is 9.20. The third-order valence-electron chi connectivity index (χ3n) is 2.37. The maximum absolute atomic E-state index is 12.8. The van der Waals surface area contributed by atoms with E-state index < -0.39 is 18.0 Å². The zero-order chi connectivity index (χ0) is 15.4. The second-order valence-corrected chi connectivity index (χ2v) is 3.82. The van der Waals surface area contributed by atoms with Gasteiger partial charge in [0.2, 0.25) is 0 Å². The molecule has 3 nitrogen and oxygen atoms in total. The van der Waals surface area contributed by atoms with Crippen molar-refractivity contribution in [2.24, 2.45) is 0 Å². The zero-order valence-electron chi connectivity index (χ0n) is 10.4. The van der Waals surface area contributed by atoms with E-state index in [4.69, 9.17) is 4.74 Å². The number of para-hydroxylation sites is 1. The highest BCUT2D eigenvalue weighted by atomic mass is 19.4. The van der Waals surface area contributed by atoms with Gasteiger partial charge in [0, 0.05) is 17.9 Å². The molecule has 0 heterocycles. The number of hydrogen-bond donors (Lipinski definition) is 1. The van der Waals surface area contributed by atoms with Crippen LogP contribution < -0.4 is 5.32 Å². The Balaban J connectivity index is 2.91. The van der Waals surface area contributed by atoms with Gasteiger partial charge in [-0.1, -0.05) is 18.2 Å². The van der Waals surface area contributed by atoms with Crippen molar-refractivity contribution in [2.75, 3.05) is 11.9 Å². The minimum atomic E-state index is -5.94. The van der Waals surface area contributed by atoms with Crippen LogP contribution in [0.5, 0.6) is 0 Å². The summed E-state index contributed by atoms with van der Waals surface area (Å²) < 4.78 is 66.8. The highest BCUT2D eigenvalue weighted by molar-refractivity contribution is 5.97. The van der Waals surface area contributed by atoms with Gasteiger partial charge < -0.3 is 10.1 Å². The molecule has 1 rings (SSSR count). The van der Waals surface area contributed by atoms with Crippen LogP contribution in [0.25, 0.3) is 0 Å². The molecule has 1 N–H and O–H groups in total. The van der Waals surface area contributed by atoms with Gasteiger partial charge in [-0.25, -0.2) is 0 Å². The summed E-state index contributed by atoms with van der Waals surface area (Å²) >= 11 is 0. The van der Waals surface area contributed by atoms with Crippen molar-refractivity contribution in [1.82, 2.24) is 0 Å². The number of ether oxygens (including phenoxy) is 1. The van der Waals surface area contributed by atoms with Crippen LogP contribution in [0.2, 0.25) is 0 Å². The Hall–Kier alpha value is -1.70. The molecule has 0 aliphatic carbocycles. The van der Waals surface area contributed by atoms with Gasteiger partial charge in [-0.05, 0) is 13.0 Å². The van der Waals surface area contributed by atoms with Gasteiger partial charge in [0.15, 0.2) is 0 Å². The number of carbonyl (C=O) groups excluding carboxylic acids is 1. The third kappa shape index (κ3) is 3.66. The molecule has 0 bridgehead atoms. The molecule has 1 aromatic rings. The van der Waals surface area contributed by atoms with Gasteiger partial charge in [-0.2, -0.15) is 22.0 Å². The summed E-state index contributed by atoms with van der Waals surface area (Å²) in [4.78, 5) is 11.1. The Morgan fingerprint density at radius 1 is 1.20 bits per heavy atom. The molecule has 1 aromatic carbocycles. The van der Waals surface area contributed by atoms with E-state index in [-0.39, 0.29) is 12.3 Å². The molecular weight excluding hydrogens is 285 g/mol. The van der Waals surface area contributed by atoms with Gasteiger partial charge in [0.1, 0.15) is 0 Å². The minimum absolute atomic E-state index is 0.00938. The Bertz CT molecular complexity index is 473. The molecule has 0 unspecified atom stereocenters. The van der Waals surface area contributed by atoms with Crippen molar-refractivity contribution >= 4 is 11.6 Å². The standard InChI is InChI=1S/C12H12F5NO2/c1-2-20-7-8-5-3-4-6-9(8)18-10(19)11(13,14)12(15,16)17/h3-6H,2,7H2,1H3,(H,18,19). The Morgan fingerprint density at radius 3 is 2.35 bits per heavy atom. The summed E-state index contributed by atoms with van der Waals surface area (Å²) in [6.45, 7) is 2.02. The second kappa shape index (κ2) is 6.17. The molecule has 0 aliphatic rings. The largest absolute Gasteiger partial charge is 0.463 e. The maximum Gasteiger partial charge on any atom is 0.463 e. The first-order valence-electron chi connectivity index (χ1n) is 5.61. The first kappa shape index (κ1) is 16.4. The van der Waals surface area contributed by atoms with Crippen LogP contribution in [-0.2, 0) is 16.1 Å². The van der Waals surface area contributed by atoms with Crippen LogP contribution >= 0.6 is 0 Å². The molecule has 20 heavy (non-hydrogen) atoms. The van der Waals surface area contributed by atoms with E-state index in [1.54, 1.807) is 18.3 Å². The van der Waals surface area contributed by atoms with Crippen LogP contribution in [0.15, 0.2) is 24.3 Å². The number of hydrogen-bond acceptors (Lipinski definition) is 2. The van der Waals surface area contributed by atoms with E-state index in [2.05, 4.69) is 0 Å². The average molecular weight is 297 g/mol. The van der Waals surface area contributed by atoms with E-state index in [9.17, 15) is 26.7 Å². The lowest BCUT2D eigenvalue weighted by atomic mass is 10.1. The number of anilines is 1. The van der Waals surface area contributed by atoms with Gasteiger partial charge in [0.25, 0.3) is 0 Å². The Kier molecular flexibility index (Phi) is 5.04. The molecule has 0 radical (unpaired) electrons. The van der Waals surface area contributed by atoms with Gasteiger partial charge in [0.05, 0.1) is 6.61 Å². The van der Waals surface area contributed by atoms with Gasteiger partial charge in [-0.15, -0.1) is 0 Å². The van der Waals surface area contributed by atoms with E-state index in [1.165, 1.54) is 18.2 Å². The van der Waals surface area contributed by atoms with Crippen molar-refractivity contribution in [2.45, 2.75) is 25.6 Å². The van der Waals surface area contributed by atoms with Crippen molar-refractivity contribution < 1.29 is 31.5 Å². The zero-order valence-corrected chi connectivity index (χ0v) is 10.4. The van der Waals surface area contributed by atoms with E-state index in [1.807, 2.05) is 0 Å². The summed E-state index contributed by atoms with van der Waals surface area (Å²) in [5.41, 5.74) is 0.163. The number of amides is 1. The quantitative estimate of drug-likeness (QED) is 0.846. The lowest BCUT2D eigenvalue weighted by Crippen LogP contribution is -2.47. The molecule has 0 fully saturated rings. The number of carbonyl (C=O) groups is 1. The van der Waals surface area contributed by atoms with Crippen LogP contribution in [0.3, 0.4) is 0 Å². The molecule has 0 saturated carbocycles. The van der Waals surface area contributed by atoms with E-state index in [0.29, 0.717) is 12.2 Å². The molecule has 0 atom stereocenters. The highest BCUT2D eigenvalue weighted by Gasteiger charge is 2.63. The van der Waals surface area contributed by atoms with Crippen molar-refractivity contribution in [3.05, 3.63) is 29.8 Å². The van der Waals surface area contributed by atoms with Crippen LogP contribution in [0.4, 0.5) is 27.6 Å². The fourth-order valence-corrected chi connectivity index (χ4v) is 1.31. The lowest BCUT2D eigenvalue weighted by molar-refractivity contribution is -0.267. The van der Waals surface area contributed by atoms with Crippen molar-refractivity contribution in [3.8, 4) is 0 Å². The second-order valence-electron chi connectivity index (χ2n) is 3.82. The fraction of sp³-hybridized carbons (Fsp3) is 0.417. The molecule has 112 valence electrons. The monoisotopic (exact) mass is 297 g/mol. The Morgan fingerprint density at radius 2 is 1.80 bits per heavy atom. The molecule has 1 amide bonds. The van der Waals surface area contributed by atoms with Crippen molar-refractivity contribution in [3.63, 3.8) is 0 Å². The molecule has 0 saturated heterocycles. The lowest BCUT2D eigenvalue weighted by Gasteiger charge is -2.19. The summed E-state index contributed by atoms with van der Waals surface area (Å²) in [5, 5.41) is 1.58. The van der Waals surface area contributed by atoms with Gasteiger partial charge >= 0.3 is 18.0 Å². The highest BCUT2D eigenvalue weighted by Crippen LogP contribution is 2.36. The van der Waals surface area contributed by atoms with Crippen LogP contribution in [0, 0.1) is 0 Å². The third-order valence-corrected chi connectivity index (χ3v) is 2.37. The summed E-state index contributed by atoms with van der Waals surface area (Å²) in [7, 11) is 0. The molecule has 8 heteroatoms. The van der Waals surface area contributed by atoms with E-state index >= 15 is 0 Å². The molecule has 0 aliphatic heterocycles. The summed E-state index contributed by atoms with van der Waals surface area (Å²) in [6.07, 6.45) is -5.94. The topological polar surface area (TPSA) is 38.3 Å². The molecular formula is C12H12F5NO2. The predicted molar refractivity (Wildman–Crippen MR) is 61.4 cm³/mol. The minimum Gasteiger partial charge on any atom is -0.377 e. The molecule has 0 aromatic heterocycles. The maximum atomic E-state index is 12.8. The number of halogens is 5. The summed E-state index contributed by atoms with van der Waals surface area (Å²) in [5.74, 6) is -7.87. The SMILES string of the molecule is CCOCc1ccccc1NC(=O)C(F)(F)C(F)(F)F. The predicted octanol–water partition coefficient (Wildman–Crippen LogP) is 3.36. The van der Waals surface area contributed by atoms with Crippen LogP contribution in [0.1, 0.15) is 12.5 Å². The van der Waals surface area contributed by atoms with Crippen molar-refractivity contribution in [1.29, 1.82) is 0 Å². The number of benzene rings is 1. The number of nitrogens with one attached hydrogen (secondary N) is 1.